The lowest BCUT2D eigenvalue weighted by Crippen LogP contribution is -2.42. The van der Waals surface area contributed by atoms with Gasteiger partial charge in [-0.2, -0.15) is 0 Å². The van der Waals surface area contributed by atoms with Gasteiger partial charge < -0.3 is 35.3 Å². The van der Waals surface area contributed by atoms with Gasteiger partial charge >= 0.3 is 5.97 Å². The van der Waals surface area contributed by atoms with Crippen LogP contribution in [0.5, 0.6) is 0 Å². The molecule has 0 saturated carbocycles. The van der Waals surface area contributed by atoms with Crippen molar-refractivity contribution >= 4 is 39.6 Å². The van der Waals surface area contributed by atoms with Crippen molar-refractivity contribution in [1.82, 2.24) is 16.0 Å². The summed E-state index contributed by atoms with van der Waals surface area (Å²) in [6.45, 7) is 3.48. The first kappa shape index (κ1) is 28.2. The summed E-state index contributed by atoms with van der Waals surface area (Å²) in [7, 11) is 0. The van der Waals surface area contributed by atoms with Crippen molar-refractivity contribution in [3.8, 4) is 0 Å². The van der Waals surface area contributed by atoms with Crippen LogP contribution in [0, 0.1) is 0 Å². The minimum Gasteiger partial charge on any atom is -0.480 e. The van der Waals surface area contributed by atoms with E-state index in [1.54, 1.807) is 6.92 Å². The maximum Gasteiger partial charge on any atom is 0.326 e. The van der Waals surface area contributed by atoms with Crippen molar-refractivity contribution in [2.75, 3.05) is 58.1 Å². The second kappa shape index (κ2) is 19.2. The van der Waals surface area contributed by atoms with Gasteiger partial charge in [-0.3, -0.25) is 14.4 Å². The molecule has 0 bridgehead atoms. The third kappa shape index (κ3) is 17.1. The lowest BCUT2D eigenvalue weighted by Gasteiger charge is -2.14. The summed E-state index contributed by atoms with van der Waals surface area (Å²) in [6, 6.07) is -1.01. The number of rotatable bonds is 19. The Morgan fingerprint density at radius 1 is 0.867 bits per heavy atom. The molecule has 0 fully saturated rings. The van der Waals surface area contributed by atoms with E-state index in [4.69, 9.17) is 14.2 Å². The summed E-state index contributed by atoms with van der Waals surface area (Å²) in [5.41, 5.74) is 0. The van der Waals surface area contributed by atoms with Crippen LogP contribution in [-0.2, 0) is 33.4 Å². The summed E-state index contributed by atoms with van der Waals surface area (Å²) in [5, 5.41) is 17.1. The number of carboxylic acid groups (broad SMARTS) is 1. The first-order valence-corrected chi connectivity index (χ1v) is 10.9. The van der Waals surface area contributed by atoms with Gasteiger partial charge in [-0.15, -0.1) is 0 Å². The highest BCUT2D eigenvalue weighted by Crippen LogP contribution is 2.01. The SMILES string of the molecule is CCOCC(=O)NCCOCCOCC(=O)N[C@H](CCCCNC(=O)CBr)C(=O)O. The molecule has 174 valence electrons. The van der Waals surface area contributed by atoms with E-state index in [1.165, 1.54) is 0 Å². The molecule has 0 aliphatic carbocycles. The number of amides is 3. The van der Waals surface area contributed by atoms with Gasteiger partial charge in [0, 0.05) is 19.7 Å². The molecule has 11 nitrogen and oxygen atoms in total. The zero-order valence-corrected chi connectivity index (χ0v) is 18.8. The zero-order valence-electron chi connectivity index (χ0n) is 17.2. The van der Waals surface area contributed by atoms with Crippen LogP contribution in [0.4, 0.5) is 0 Å². The van der Waals surface area contributed by atoms with Gasteiger partial charge in [0.15, 0.2) is 0 Å². The van der Waals surface area contributed by atoms with Crippen molar-refractivity contribution < 1.29 is 38.5 Å². The summed E-state index contributed by atoms with van der Waals surface area (Å²) < 4.78 is 15.4. The van der Waals surface area contributed by atoms with Gasteiger partial charge in [0.05, 0.1) is 25.2 Å². The molecule has 12 heteroatoms. The number of carbonyl (C=O) groups excluding carboxylic acids is 3. The number of halogens is 1. The lowest BCUT2D eigenvalue weighted by atomic mass is 10.1. The number of hydrogen-bond acceptors (Lipinski definition) is 7. The van der Waals surface area contributed by atoms with Crippen LogP contribution in [0.15, 0.2) is 0 Å². The molecule has 4 N–H and O–H groups in total. The predicted octanol–water partition coefficient (Wildman–Crippen LogP) is -0.577. The molecule has 30 heavy (non-hydrogen) atoms. The molecule has 0 unspecified atom stereocenters. The van der Waals surface area contributed by atoms with E-state index in [2.05, 4.69) is 31.9 Å². The molecule has 0 aromatic heterocycles. The first-order valence-electron chi connectivity index (χ1n) is 9.75. The van der Waals surface area contributed by atoms with Gasteiger partial charge in [-0.1, -0.05) is 15.9 Å². The number of carbonyl (C=O) groups is 4. The Morgan fingerprint density at radius 3 is 2.20 bits per heavy atom. The Kier molecular flexibility index (Phi) is 18.1. The highest BCUT2D eigenvalue weighted by Gasteiger charge is 2.19. The second-order valence-electron chi connectivity index (χ2n) is 6.09. The summed E-state index contributed by atoms with van der Waals surface area (Å²) in [6.07, 6.45) is 1.40. The summed E-state index contributed by atoms with van der Waals surface area (Å²) in [4.78, 5) is 45.4. The van der Waals surface area contributed by atoms with Crippen LogP contribution >= 0.6 is 15.9 Å². The fourth-order valence-electron chi connectivity index (χ4n) is 2.14. The van der Waals surface area contributed by atoms with E-state index >= 15 is 0 Å². The summed E-state index contributed by atoms with van der Waals surface area (Å²) >= 11 is 3.03. The van der Waals surface area contributed by atoms with E-state index < -0.39 is 17.9 Å². The van der Waals surface area contributed by atoms with Gasteiger partial charge in [-0.25, -0.2) is 4.79 Å². The number of unbranched alkanes of at least 4 members (excludes halogenated alkanes) is 1. The molecule has 0 radical (unpaired) electrons. The maximum atomic E-state index is 11.8. The molecule has 0 heterocycles. The Labute approximate surface area is 184 Å². The molecule has 0 aliphatic rings. The fraction of sp³-hybridized carbons (Fsp3) is 0.778. The average Bonchev–Trinajstić information content (AvgIpc) is 2.72. The van der Waals surface area contributed by atoms with Crippen molar-refractivity contribution in [2.45, 2.75) is 32.2 Å². The van der Waals surface area contributed by atoms with Crippen molar-refractivity contribution in [3.05, 3.63) is 0 Å². The van der Waals surface area contributed by atoms with E-state index in [0.717, 1.165) is 0 Å². The van der Waals surface area contributed by atoms with E-state index in [0.29, 0.717) is 39.1 Å². The molecule has 0 aromatic rings. The van der Waals surface area contributed by atoms with E-state index in [-0.39, 0.29) is 50.0 Å². The van der Waals surface area contributed by atoms with Gasteiger partial charge in [0.1, 0.15) is 19.3 Å². The molecule has 0 saturated heterocycles. The number of carboxylic acids is 1. The number of alkyl halides is 1. The van der Waals surface area contributed by atoms with Gasteiger partial charge in [0.25, 0.3) is 0 Å². The normalized spacial score (nSPS) is 11.5. The van der Waals surface area contributed by atoms with Gasteiger partial charge in [-0.05, 0) is 26.2 Å². The largest absolute Gasteiger partial charge is 0.480 e. The van der Waals surface area contributed by atoms with Gasteiger partial charge in [0.2, 0.25) is 17.7 Å². The molecular formula is C18H32BrN3O8. The van der Waals surface area contributed by atoms with Crippen LogP contribution in [-0.4, -0.2) is 92.9 Å². The monoisotopic (exact) mass is 497 g/mol. The van der Waals surface area contributed by atoms with Crippen LogP contribution in [0.25, 0.3) is 0 Å². The number of hydrogen-bond donors (Lipinski definition) is 4. The molecule has 0 aromatic carbocycles. The fourth-order valence-corrected chi connectivity index (χ4v) is 2.33. The number of nitrogens with one attached hydrogen (secondary N) is 3. The number of ether oxygens (including phenoxy) is 3. The lowest BCUT2D eigenvalue weighted by molar-refractivity contribution is -0.142. The second-order valence-corrected chi connectivity index (χ2v) is 6.65. The van der Waals surface area contributed by atoms with Crippen LogP contribution < -0.4 is 16.0 Å². The highest BCUT2D eigenvalue weighted by atomic mass is 79.9. The van der Waals surface area contributed by atoms with E-state index in [9.17, 15) is 24.3 Å². The Morgan fingerprint density at radius 2 is 1.53 bits per heavy atom. The Hall–Kier alpha value is -1.76. The molecule has 0 spiro atoms. The van der Waals surface area contributed by atoms with E-state index in [1.807, 2.05) is 0 Å². The zero-order chi connectivity index (χ0) is 22.6. The smallest absolute Gasteiger partial charge is 0.326 e. The molecule has 3 amide bonds. The number of aliphatic carboxylic acids is 1. The topological polar surface area (TPSA) is 152 Å². The van der Waals surface area contributed by atoms with Crippen LogP contribution in [0.2, 0.25) is 0 Å². The Balaban J connectivity index is 3.74. The minimum atomic E-state index is -1.12. The van der Waals surface area contributed by atoms with Crippen LogP contribution in [0.3, 0.4) is 0 Å². The molecule has 1 atom stereocenters. The van der Waals surface area contributed by atoms with Crippen molar-refractivity contribution in [3.63, 3.8) is 0 Å². The van der Waals surface area contributed by atoms with Crippen molar-refractivity contribution in [2.24, 2.45) is 0 Å². The molecular weight excluding hydrogens is 466 g/mol. The molecule has 0 rings (SSSR count). The van der Waals surface area contributed by atoms with Crippen molar-refractivity contribution in [1.29, 1.82) is 0 Å². The highest BCUT2D eigenvalue weighted by molar-refractivity contribution is 9.09. The third-order valence-corrected chi connectivity index (χ3v) is 4.12. The third-order valence-electron chi connectivity index (χ3n) is 3.61. The average molecular weight is 498 g/mol. The first-order chi connectivity index (χ1) is 14.4. The summed E-state index contributed by atoms with van der Waals surface area (Å²) in [5.74, 6) is -2.00. The predicted molar refractivity (Wildman–Crippen MR) is 111 cm³/mol. The Bertz CT molecular complexity index is 522. The minimum absolute atomic E-state index is 0.0137. The standard InChI is InChI=1S/C18H32BrN3O8/c1-2-28-12-16(24)21-7-8-29-9-10-30-13-17(25)22-14(18(26)27)5-3-4-6-20-15(23)11-19/h14H,2-13H2,1H3,(H,20,23)(H,21,24)(H,22,25)(H,26,27)/t14-/m1/s1. The van der Waals surface area contributed by atoms with Crippen LogP contribution in [0.1, 0.15) is 26.2 Å². The maximum absolute atomic E-state index is 11.8. The quantitative estimate of drug-likeness (QED) is 0.136. The molecule has 0 aliphatic heterocycles.